The van der Waals surface area contributed by atoms with Crippen LogP contribution in [0.2, 0.25) is 10.0 Å². The molecule has 5 nitrogen and oxygen atoms in total. The van der Waals surface area contributed by atoms with Gasteiger partial charge in [-0.15, -0.1) is 11.3 Å². The molecule has 1 aromatic carbocycles. The minimum Gasteiger partial charge on any atom is -0.479 e. The predicted octanol–water partition coefficient (Wildman–Crippen LogP) is 5.13. The van der Waals surface area contributed by atoms with E-state index >= 15 is 0 Å². The van der Waals surface area contributed by atoms with Crippen LogP contribution in [-0.2, 0) is 22.4 Å². The molecule has 0 unspecified atom stereocenters. The molecule has 0 spiro atoms. The number of ether oxygens (including phenoxy) is 2. The van der Waals surface area contributed by atoms with Crippen molar-refractivity contribution in [1.82, 2.24) is 0 Å². The van der Waals surface area contributed by atoms with Crippen LogP contribution in [0.15, 0.2) is 18.2 Å². The molecule has 0 saturated carbocycles. The summed E-state index contributed by atoms with van der Waals surface area (Å²) in [5.41, 5.74) is 1.46. The van der Waals surface area contributed by atoms with Crippen LogP contribution < -0.4 is 10.1 Å². The maximum Gasteiger partial charge on any atom is 0.341 e. The number of benzene rings is 1. The monoisotopic (exact) mass is 427 g/mol. The summed E-state index contributed by atoms with van der Waals surface area (Å²) < 4.78 is 10.8. The Balaban J connectivity index is 1.76. The molecule has 0 saturated heterocycles. The van der Waals surface area contributed by atoms with Gasteiger partial charge in [0, 0.05) is 9.90 Å². The number of hydrogen-bond acceptors (Lipinski definition) is 5. The standard InChI is InChI=1S/C19H19Cl2NO4S/c1-3-25-19(24)16-12-5-4-6-15(12)27-18(16)22-17(23)10(2)26-14-8-7-11(20)9-13(14)21/h7-10H,3-6H2,1-2H3,(H,22,23)/t10-/m1/s1. The van der Waals surface area contributed by atoms with Crippen LogP contribution in [0.4, 0.5) is 5.00 Å². The Morgan fingerprint density at radius 3 is 2.78 bits per heavy atom. The van der Waals surface area contributed by atoms with Gasteiger partial charge in [-0.05, 0) is 56.9 Å². The van der Waals surface area contributed by atoms with Crippen molar-refractivity contribution in [2.24, 2.45) is 0 Å². The molecule has 2 aromatic rings. The van der Waals surface area contributed by atoms with Crippen LogP contribution in [0.5, 0.6) is 5.75 Å². The summed E-state index contributed by atoms with van der Waals surface area (Å²) in [5.74, 6) is -0.406. The number of anilines is 1. The van der Waals surface area contributed by atoms with E-state index in [0.717, 1.165) is 29.7 Å². The van der Waals surface area contributed by atoms with Gasteiger partial charge < -0.3 is 14.8 Å². The van der Waals surface area contributed by atoms with E-state index in [4.69, 9.17) is 32.7 Å². The predicted molar refractivity (Wildman–Crippen MR) is 107 cm³/mol. The molecule has 144 valence electrons. The SMILES string of the molecule is CCOC(=O)c1c(NC(=O)[C@@H](C)Oc2ccc(Cl)cc2Cl)sc2c1CCC2. The van der Waals surface area contributed by atoms with Gasteiger partial charge in [0.2, 0.25) is 0 Å². The molecule has 27 heavy (non-hydrogen) atoms. The number of halogens is 2. The smallest absolute Gasteiger partial charge is 0.341 e. The molecular weight excluding hydrogens is 409 g/mol. The average molecular weight is 428 g/mol. The molecule has 0 radical (unpaired) electrons. The Morgan fingerprint density at radius 1 is 1.30 bits per heavy atom. The molecule has 1 aromatic heterocycles. The first-order valence-corrected chi connectivity index (χ1v) is 10.2. The van der Waals surface area contributed by atoms with Gasteiger partial charge >= 0.3 is 5.97 Å². The van der Waals surface area contributed by atoms with E-state index in [1.54, 1.807) is 32.0 Å². The molecule has 0 fully saturated rings. The molecule has 0 bridgehead atoms. The lowest BCUT2D eigenvalue weighted by Crippen LogP contribution is -2.30. The van der Waals surface area contributed by atoms with Gasteiger partial charge in [0.15, 0.2) is 6.10 Å². The fourth-order valence-corrected chi connectivity index (χ4v) is 4.67. The Labute approximate surface area is 171 Å². The van der Waals surface area contributed by atoms with Crippen molar-refractivity contribution in [3.8, 4) is 5.75 Å². The van der Waals surface area contributed by atoms with Crippen LogP contribution in [0, 0.1) is 0 Å². The second kappa shape index (κ2) is 8.50. The van der Waals surface area contributed by atoms with Gasteiger partial charge in [-0.25, -0.2) is 4.79 Å². The Bertz CT molecular complexity index is 881. The third-order valence-electron chi connectivity index (χ3n) is 4.20. The first-order chi connectivity index (χ1) is 12.9. The highest BCUT2D eigenvalue weighted by atomic mass is 35.5. The summed E-state index contributed by atoms with van der Waals surface area (Å²) in [6.45, 7) is 3.66. The largest absolute Gasteiger partial charge is 0.479 e. The van der Waals surface area contributed by atoms with Crippen LogP contribution >= 0.6 is 34.5 Å². The number of amides is 1. The van der Waals surface area contributed by atoms with Crippen LogP contribution in [0.25, 0.3) is 0 Å². The minimum absolute atomic E-state index is 0.283. The fourth-order valence-electron chi connectivity index (χ4n) is 2.94. The van der Waals surface area contributed by atoms with E-state index in [0.29, 0.717) is 26.4 Å². The molecule has 8 heteroatoms. The first-order valence-electron chi connectivity index (χ1n) is 8.65. The third-order valence-corrected chi connectivity index (χ3v) is 5.94. The quantitative estimate of drug-likeness (QED) is 0.649. The van der Waals surface area contributed by atoms with Crippen molar-refractivity contribution < 1.29 is 19.1 Å². The first kappa shape index (κ1) is 20.0. The summed E-state index contributed by atoms with van der Waals surface area (Å²) in [4.78, 5) is 26.1. The van der Waals surface area contributed by atoms with Crippen molar-refractivity contribution in [1.29, 1.82) is 0 Å². The summed E-state index contributed by atoms with van der Waals surface area (Å²) in [7, 11) is 0. The lowest BCUT2D eigenvalue weighted by Gasteiger charge is -2.16. The fraction of sp³-hybridized carbons (Fsp3) is 0.368. The number of fused-ring (bicyclic) bond motifs is 1. The van der Waals surface area contributed by atoms with E-state index in [2.05, 4.69) is 5.32 Å². The number of carbonyl (C=O) groups excluding carboxylic acids is 2. The van der Waals surface area contributed by atoms with Gasteiger partial charge in [0.25, 0.3) is 5.91 Å². The number of carbonyl (C=O) groups is 2. The van der Waals surface area contributed by atoms with Gasteiger partial charge in [-0.1, -0.05) is 23.2 Å². The molecule has 1 aliphatic rings. The zero-order valence-electron chi connectivity index (χ0n) is 14.9. The summed E-state index contributed by atoms with van der Waals surface area (Å²) >= 11 is 13.4. The second-order valence-electron chi connectivity index (χ2n) is 6.11. The third kappa shape index (κ3) is 4.39. The number of esters is 1. The minimum atomic E-state index is -0.810. The molecule has 0 aliphatic heterocycles. The highest BCUT2D eigenvalue weighted by Gasteiger charge is 2.29. The Morgan fingerprint density at radius 2 is 2.07 bits per heavy atom. The summed E-state index contributed by atoms with van der Waals surface area (Å²) in [6.07, 6.45) is 1.93. The van der Waals surface area contributed by atoms with Crippen LogP contribution in [0.3, 0.4) is 0 Å². The lowest BCUT2D eigenvalue weighted by molar-refractivity contribution is -0.122. The highest BCUT2D eigenvalue weighted by Crippen LogP contribution is 2.39. The maximum absolute atomic E-state index is 12.6. The Kier molecular flexibility index (Phi) is 6.29. The lowest BCUT2D eigenvalue weighted by atomic mass is 10.1. The maximum atomic E-state index is 12.6. The second-order valence-corrected chi connectivity index (χ2v) is 8.05. The highest BCUT2D eigenvalue weighted by molar-refractivity contribution is 7.17. The van der Waals surface area contributed by atoms with Crippen molar-refractivity contribution >= 4 is 51.4 Å². The van der Waals surface area contributed by atoms with Crippen molar-refractivity contribution in [3.63, 3.8) is 0 Å². The van der Waals surface area contributed by atoms with Crippen LogP contribution in [-0.4, -0.2) is 24.6 Å². The topological polar surface area (TPSA) is 64.6 Å². The van der Waals surface area contributed by atoms with Gasteiger partial charge in [0.1, 0.15) is 10.8 Å². The van der Waals surface area contributed by atoms with Crippen molar-refractivity contribution in [2.75, 3.05) is 11.9 Å². The van der Waals surface area contributed by atoms with Gasteiger partial charge in [-0.3, -0.25) is 4.79 Å². The van der Waals surface area contributed by atoms with E-state index in [-0.39, 0.29) is 12.5 Å². The molecule has 1 amide bonds. The summed E-state index contributed by atoms with van der Waals surface area (Å²) in [6, 6.07) is 4.79. The average Bonchev–Trinajstić information content (AvgIpc) is 3.17. The molecule has 1 atom stereocenters. The van der Waals surface area contributed by atoms with E-state index < -0.39 is 12.1 Å². The number of rotatable bonds is 6. The number of nitrogens with one attached hydrogen (secondary N) is 1. The molecular formula is C19H19Cl2NO4S. The van der Waals surface area contributed by atoms with E-state index in [1.165, 1.54) is 11.3 Å². The molecule has 1 N–H and O–H groups in total. The zero-order valence-corrected chi connectivity index (χ0v) is 17.3. The van der Waals surface area contributed by atoms with Crippen molar-refractivity contribution in [3.05, 3.63) is 44.2 Å². The molecule has 3 rings (SSSR count). The van der Waals surface area contributed by atoms with Gasteiger partial charge in [-0.2, -0.15) is 0 Å². The van der Waals surface area contributed by atoms with E-state index in [9.17, 15) is 9.59 Å². The zero-order chi connectivity index (χ0) is 19.6. The van der Waals surface area contributed by atoms with Gasteiger partial charge in [0.05, 0.1) is 17.2 Å². The molecule has 1 aliphatic carbocycles. The van der Waals surface area contributed by atoms with Crippen LogP contribution in [0.1, 0.15) is 41.1 Å². The van der Waals surface area contributed by atoms with Crippen molar-refractivity contribution in [2.45, 2.75) is 39.2 Å². The summed E-state index contributed by atoms with van der Waals surface area (Å²) in [5, 5.41) is 4.14. The molecule has 1 heterocycles. The van der Waals surface area contributed by atoms with E-state index in [1.807, 2.05) is 0 Å². The number of aryl methyl sites for hydroxylation is 1. The Hall–Kier alpha value is -1.76. The number of thiophene rings is 1. The normalized spacial score (nSPS) is 13.8. The number of hydrogen-bond donors (Lipinski definition) is 1.